The van der Waals surface area contributed by atoms with E-state index >= 15 is 0 Å². The second-order valence-corrected chi connectivity index (χ2v) is 7.73. The molecule has 1 atom stereocenters. The molecule has 4 heteroatoms. The topological polar surface area (TPSA) is 41.9 Å². The zero-order chi connectivity index (χ0) is 20.2. The van der Waals surface area contributed by atoms with Gasteiger partial charge in [0.15, 0.2) is 0 Å². The van der Waals surface area contributed by atoms with Crippen molar-refractivity contribution >= 4 is 17.9 Å². The molecule has 1 aliphatic rings. The number of benzene rings is 1. The monoisotopic (exact) mass is 384 g/mol. The number of hydrogen-bond acceptors (Lipinski definition) is 4. The second-order valence-electron chi connectivity index (χ2n) is 7.73. The molecule has 154 valence electrons. The van der Waals surface area contributed by atoms with Gasteiger partial charge in [0.25, 0.3) is 0 Å². The number of hydrogen-bond donors (Lipinski definition) is 0. The fraction of sp³-hybridized carbons (Fsp3) is 0.583. The van der Waals surface area contributed by atoms with Crippen LogP contribution in [0.2, 0.25) is 0 Å². The van der Waals surface area contributed by atoms with Crippen LogP contribution in [0.5, 0.6) is 0 Å². The standard InChI is InChI=1S/C24H36N2O2/c1-4-6-7-8-9-10-13-21-14-11-15-22(18-21)26-17-16-25-23(19-26)28-24(27)20(3)12-5-2/h11,14-16,18-20H,4-10,12-13,17H2,1-3H3. The largest absolute Gasteiger partial charge is 0.406 e. The molecule has 0 N–H and O–H groups in total. The van der Waals surface area contributed by atoms with Crippen molar-refractivity contribution in [1.82, 2.24) is 0 Å². The predicted octanol–water partition coefficient (Wildman–Crippen LogP) is 6.26. The van der Waals surface area contributed by atoms with Crippen LogP contribution in [0.15, 0.2) is 41.3 Å². The first-order valence-electron chi connectivity index (χ1n) is 11.0. The number of aryl methyl sites for hydroxylation is 1. The minimum atomic E-state index is -0.205. The van der Waals surface area contributed by atoms with E-state index in [9.17, 15) is 4.79 Å². The second kappa shape index (κ2) is 12.4. The van der Waals surface area contributed by atoms with Gasteiger partial charge < -0.3 is 9.64 Å². The number of anilines is 1. The molecule has 1 aliphatic heterocycles. The Balaban J connectivity index is 1.90. The molecule has 0 aliphatic carbocycles. The van der Waals surface area contributed by atoms with Crippen LogP contribution in [0, 0.1) is 5.92 Å². The van der Waals surface area contributed by atoms with Crippen LogP contribution in [0.3, 0.4) is 0 Å². The third-order valence-electron chi connectivity index (χ3n) is 5.15. The van der Waals surface area contributed by atoms with Crippen molar-refractivity contribution in [1.29, 1.82) is 0 Å². The van der Waals surface area contributed by atoms with Gasteiger partial charge in [-0.3, -0.25) is 4.79 Å². The highest BCUT2D eigenvalue weighted by atomic mass is 16.5. The highest BCUT2D eigenvalue weighted by Gasteiger charge is 2.18. The lowest BCUT2D eigenvalue weighted by molar-refractivity contribution is -0.143. The number of carbonyl (C=O) groups excluding carboxylic acids is 1. The summed E-state index contributed by atoms with van der Waals surface area (Å²) in [4.78, 5) is 18.5. The maximum atomic E-state index is 12.2. The average Bonchev–Trinajstić information content (AvgIpc) is 2.71. The van der Waals surface area contributed by atoms with Crippen molar-refractivity contribution < 1.29 is 9.53 Å². The van der Waals surface area contributed by atoms with E-state index < -0.39 is 0 Å². The first-order chi connectivity index (χ1) is 13.6. The third kappa shape index (κ3) is 7.49. The van der Waals surface area contributed by atoms with Crippen molar-refractivity contribution in [2.45, 2.75) is 78.6 Å². The van der Waals surface area contributed by atoms with Gasteiger partial charge in [0.2, 0.25) is 5.88 Å². The summed E-state index contributed by atoms with van der Waals surface area (Å²) in [5.41, 5.74) is 2.48. The summed E-state index contributed by atoms with van der Waals surface area (Å²) >= 11 is 0. The van der Waals surface area contributed by atoms with Crippen LogP contribution in [-0.2, 0) is 16.0 Å². The van der Waals surface area contributed by atoms with E-state index in [2.05, 4.69) is 48.0 Å². The van der Waals surface area contributed by atoms with E-state index in [1.165, 1.54) is 44.1 Å². The summed E-state index contributed by atoms with van der Waals surface area (Å²) in [7, 11) is 0. The zero-order valence-corrected chi connectivity index (χ0v) is 17.8. The third-order valence-corrected chi connectivity index (χ3v) is 5.15. The molecule has 0 saturated heterocycles. The molecule has 1 unspecified atom stereocenters. The van der Waals surface area contributed by atoms with Crippen molar-refractivity contribution in [3.63, 3.8) is 0 Å². The summed E-state index contributed by atoms with van der Waals surface area (Å²) in [6.45, 7) is 6.92. The van der Waals surface area contributed by atoms with Gasteiger partial charge in [-0.15, -0.1) is 0 Å². The maximum absolute atomic E-state index is 12.2. The smallest absolute Gasteiger partial charge is 0.315 e. The highest BCUT2D eigenvalue weighted by molar-refractivity contribution is 5.75. The number of unbranched alkanes of at least 4 members (excludes halogenated alkanes) is 5. The Morgan fingerprint density at radius 2 is 1.93 bits per heavy atom. The minimum absolute atomic E-state index is 0.0999. The number of rotatable bonds is 12. The lowest BCUT2D eigenvalue weighted by atomic mass is 10.0. The highest BCUT2D eigenvalue weighted by Crippen LogP contribution is 2.22. The van der Waals surface area contributed by atoms with E-state index in [1.54, 1.807) is 6.21 Å². The van der Waals surface area contributed by atoms with E-state index in [4.69, 9.17) is 4.74 Å². The Kier molecular flexibility index (Phi) is 9.81. The summed E-state index contributed by atoms with van der Waals surface area (Å²) in [5, 5.41) is 0. The number of carbonyl (C=O) groups is 1. The normalized spacial score (nSPS) is 14.7. The molecule has 0 radical (unpaired) electrons. The van der Waals surface area contributed by atoms with Gasteiger partial charge in [0, 0.05) is 11.9 Å². The van der Waals surface area contributed by atoms with Gasteiger partial charge in [-0.2, -0.15) is 0 Å². The van der Waals surface area contributed by atoms with Crippen molar-refractivity contribution in [3.8, 4) is 0 Å². The summed E-state index contributed by atoms with van der Waals surface area (Å²) in [6.07, 6.45) is 14.4. The van der Waals surface area contributed by atoms with Crippen molar-refractivity contribution in [2.75, 3.05) is 11.4 Å². The number of ether oxygens (including phenoxy) is 1. The Morgan fingerprint density at radius 1 is 1.14 bits per heavy atom. The molecule has 0 bridgehead atoms. The summed E-state index contributed by atoms with van der Waals surface area (Å²) < 4.78 is 5.48. The van der Waals surface area contributed by atoms with Crippen molar-refractivity contribution in [3.05, 3.63) is 41.9 Å². The van der Waals surface area contributed by atoms with E-state index in [0.29, 0.717) is 12.4 Å². The number of aliphatic imine (C=N–C) groups is 1. The molecule has 0 spiro atoms. The summed E-state index contributed by atoms with van der Waals surface area (Å²) in [6, 6.07) is 8.64. The molecule has 4 nitrogen and oxygen atoms in total. The zero-order valence-electron chi connectivity index (χ0n) is 17.8. The van der Waals surface area contributed by atoms with Gasteiger partial charge in [-0.05, 0) is 37.0 Å². The van der Waals surface area contributed by atoms with Crippen LogP contribution >= 0.6 is 0 Å². The molecular formula is C24H36N2O2. The molecule has 1 heterocycles. The molecule has 0 fully saturated rings. The predicted molar refractivity (Wildman–Crippen MR) is 118 cm³/mol. The fourth-order valence-electron chi connectivity index (χ4n) is 3.43. The molecule has 28 heavy (non-hydrogen) atoms. The van der Waals surface area contributed by atoms with E-state index in [0.717, 1.165) is 24.9 Å². The molecule has 0 aromatic heterocycles. The van der Waals surface area contributed by atoms with Crippen LogP contribution in [0.1, 0.15) is 77.7 Å². The maximum Gasteiger partial charge on any atom is 0.315 e. The fourth-order valence-corrected chi connectivity index (χ4v) is 3.43. The molecule has 0 saturated carbocycles. The van der Waals surface area contributed by atoms with Gasteiger partial charge in [-0.1, -0.05) is 71.4 Å². The number of nitrogens with zero attached hydrogens (tertiary/aromatic N) is 2. The molecule has 0 amide bonds. The van der Waals surface area contributed by atoms with Crippen LogP contribution in [-0.4, -0.2) is 18.7 Å². The first-order valence-corrected chi connectivity index (χ1v) is 11.0. The average molecular weight is 385 g/mol. The van der Waals surface area contributed by atoms with Crippen LogP contribution < -0.4 is 4.90 Å². The van der Waals surface area contributed by atoms with Gasteiger partial charge >= 0.3 is 5.97 Å². The Labute approximate surface area is 170 Å². The van der Waals surface area contributed by atoms with E-state index in [1.807, 2.05) is 13.1 Å². The first kappa shape index (κ1) is 22.2. The van der Waals surface area contributed by atoms with E-state index in [-0.39, 0.29) is 11.9 Å². The van der Waals surface area contributed by atoms with Gasteiger partial charge in [-0.25, -0.2) is 4.99 Å². The molecule has 1 aromatic rings. The lowest BCUT2D eigenvalue weighted by Gasteiger charge is -2.23. The molecule has 1 aromatic carbocycles. The Hall–Kier alpha value is -2.10. The molecule has 2 rings (SSSR count). The molecular weight excluding hydrogens is 348 g/mol. The minimum Gasteiger partial charge on any atom is -0.406 e. The Bertz CT molecular complexity index is 666. The summed E-state index contributed by atoms with van der Waals surface area (Å²) in [5.74, 6) is 0.0709. The van der Waals surface area contributed by atoms with Crippen molar-refractivity contribution in [2.24, 2.45) is 10.9 Å². The van der Waals surface area contributed by atoms with Gasteiger partial charge in [0.1, 0.15) is 0 Å². The number of esters is 1. The Morgan fingerprint density at radius 3 is 2.71 bits per heavy atom. The van der Waals surface area contributed by atoms with Crippen LogP contribution in [0.25, 0.3) is 0 Å². The SMILES string of the molecule is CCCCCCCCc1cccc(N2C=C(OC(=O)C(C)CCC)N=CC2)c1. The van der Waals surface area contributed by atoms with Gasteiger partial charge in [0.05, 0.1) is 18.7 Å². The quantitative estimate of drug-likeness (QED) is 0.315. The lowest BCUT2D eigenvalue weighted by Crippen LogP contribution is -2.24. The van der Waals surface area contributed by atoms with Crippen LogP contribution in [0.4, 0.5) is 5.69 Å².